The molecule has 2 aromatic carbocycles. The number of aryl methyl sites for hydroxylation is 1. The lowest BCUT2D eigenvalue weighted by Crippen LogP contribution is -2.45. The van der Waals surface area contributed by atoms with Crippen LogP contribution in [0.4, 0.5) is 5.69 Å². The molecule has 0 aromatic heterocycles. The van der Waals surface area contributed by atoms with Crippen LogP contribution in [0.15, 0.2) is 47.4 Å². The van der Waals surface area contributed by atoms with Gasteiger partial charge < -0.3 is 14.4 Å². The van der Waals surface area contributed by atoms with Crippen LogP contribution < -0.4 is 9.46 Å². The molecule has 1 aliphatic rings. The Bertz CT molecular complexity index is 1100. The smallest absolute Gasteiger partial charge is 0.261 e. The molecular weight excluding hydrogens is 454 g/mol. The van der Waals surface area contributed by atoms with Crippen molar-refractivity contribution in [1.82, 2.24) is 9.80 Å². The van der Waals surface area contributed by atoms with E-state index in [1.807, 2.05) is 14.0 Å². The van der Waals surface area contributed by atoms with E-state index in [1.54, 1.807) is 55.5 Å². The van der Waals surface area contributed by atoms with Crippen LogP contribution >= 0.6 is 0 Å². The monoisotopic (exact) mass is 489 g/mol. The molecule has 8 nitrogen and oxygen atoms in total. The van der Waals surface area contributed by atoms with Gasteiger partial charge in [0.2, 0.25) is 0 Å². The van der Waals surface area contributed by atoms with E-state index in [0.717, 1.165) is 12.1 Å². The molecule has 0 bridgehead atoms. The van der Waals surface area contributed by atoms with Gasteiger partial charge in [0.25, 0.3) is 15.9 Å². The van der Waals surface area contributed by atoms with E-state index in [4.69, 9.17) is 9.47 Å². The number of amides is 1. The zero-order chi connectivity index (χ0) is 25.0. The predicted molar refractivity (Wildman–Crippen MR) is 133 cm³/mol. The molecule has 1 N–H and O–H groups in total. The maximum atomic E-state index is 13.4. The van der Waals surface area contributed by atoms with Gasteiger partial charge in [-0.1, -0.05) is 24.6 Å². The van der Waals surface area contributed by atoms with E-state index >= 15 is 0 Å². The molecule has 2 aromatic rings. The largest absolute Gasteiger partial charge is 0.491 e. The Labute approximate surface area is 202 Å². The summed E-state index contributed by atoms with van der Waals surface area (Å²) in [5, 5.41) is 0. The fraction of sp³-hybridized carbons (Fsp3) is 0.480. The summed E-state index contributed by atoms with van der Waals surface area (Å²) in [4.78, 5) is 17.4. The van der Waals surface area contributed by atoms with E-state index in [-0.39, 0.29) is 28.9 Å². The normalized spacial score (nSPS) is 22.8. The molecule has 0 fully saturated rings. The second kappa shape index (κ2) is 10.8. The van der Waals surface area contributed by atoms with Crippen LogP contribution in [0.25, 0.3) is 0 Å². The summed E-state index contributed by atoms with van der Waals surface area (Å²) in [7, 11) is 1.61. The highest BCUT2D eigenvalue weighted by Crippen LogP contribution is 2.27. The summed E-state index contributed by atoms with van der Waals surface area (Å²) < 4.78 is 40.1. The summed E-state index contributed by atoms with van der Waals surface area (Å²) in [5.74, 6) is 0.347. The van der Waals surface area contributed by atoms with Crippen molar-refractivity contribution in [3.8, 4) is 5.75 Å². The van der Waals surface area contributed by atoms with Crippen LogP contribution in [0.3, 0.4) is 0 Å². The Balaban J connectivity index is 1.95. The second-order valence-corrected chi connectivity index (χ2v) is 10.8. The Morgan fingerprint density at radius 2 is 1.74 bits per heavy atom. The molecule has 1 heterocycles. The molecule has 186 valence electrons. The van der Waals surface area contributed by atoms with Crippen molar-refractivity contribution < 1.29 is 22.7 Å². The van der Waals surface area contributed by atoms with E-state index in [0.29, 0.717) is 30.2 Å². The number of ether oxygens (including phenoxy) is 2. The van der Waals surface area contributed by atoms with Gasteiger partial charge in [0, 0.05) is 39.0 Å². The number of sulfonamides is 1. The van der Waals surface area contributed by atoms with Crippen molar-refractivity contribution in [3.05, 3.63) is 53.6 Å². The van der Waals surface area contributed by atoms with Crippen molar-refractivity contribution >= 4 is 21.6 Å². The number of likely N-dealkylation sites (N-methyl/N-ethyl adjacent to an activating group) is 2. The van der Waals surface area contributed by atoms with Gasteiger partial charge in [-0.05, 0) is 57.1 Å². The van der Waals surface area contributed by atoms with Crippen LogP contribution in [0.5, 0.6) is 5.75 Å². The first kappa shape index (κ1) is 26.0. The van der Waals surface area contributed by atoms with E-state index < -0.39 is 10.0 Å². The molecule has 1 amide bonds. The summed E-state index contributed by atoms with van der Waals surface area (Å²) in [6, 6.07) is 11.5. The summed E-state index contributed by atoms with van der Waals surface area (Å²) >= 11 is 0. The summed E-state index contributed by atoms with van der Waals surface area (Å²) in [5.41, 5.74) is 1.55. The molecule has 0 unspecified atom stereocenters. The lowest BCUT2D eigenvalue weighted by molar-refractivity contribution is 0.0150. The highest BCUT2D eigenvalue weighted by Gasteiger charge is 2.27. The van der Waals surface area contributed by atoms with Gasteiger partial charge in [-0.15, -0.1) is 0 Å². The van der Waals surface area contributed by atoms with Gasteiger partial charge in [0.1, 0.15) is 12.4 Å². The number of nitrogens with zero attached hydrogens (tertiary/aromatic N) is 2. The fourth-order valence-corrected chi connectivity index (χ4v) is 5.00. The molecule has 3 rings (SSSR count). The van der Waals surface area contributed by atoms with Crippen molar-refractivity contribution in [2.24, 2.45) is 5.92 Å². The van der Waals surface area contributed by atoms with Gasteiger partial charge in [-0.3, -0.25) is 14.4 Å². The molecule has 34 heavy (non-hydrogen) atoms. The zero-order valence-corrected chi connectivity index (χ0v) is 21.6. The lowest BCUT2D eigenvalue weighted by Gasteiger charge is -2.34. The molecular formula is C25H35N3O5S. The molecule has 1 aliphatic heterocycles. The van der Waals surface area contributed by atoms with Gasteiger partial charge in [-0.2, -0.15) is 0 Å². The molecule has 0 aliphatic carbocycles. The molecule has 0 saturated heterocycles. The highest BCUT2D eigenvalue weighted by atomic mass is 32.2. The van der Waals surface area contributed by atoms with E-state index in [9.17, 15) is 13.2 Å². The van der Waals surface area contributed by atoms with Gasteiger partial charge in [0.15, 0.2) is 0 Å². The zero-order valence-electron chi connectivity index (χ0n) is 20.7. The number of methoxy groups -OCH3 is 1. The summed E-state index contributed by atoms with van der Waals surface area (Å²) in [6.45, 7) is 7.66. The maximum absolute atomic E-state index is 13.4. The Morgan fingerprint density at radius 3 is 2.38 bits per heavy atom. The van der Waals surface area contributed by atoms with Crippen molar-refractivity contribution in [1.29, 1.82) is 0 Å². The first-order valence-corrected chi connectivity index (χ1v) is 12.8. The number of hydrogen-bond acceptors (Lipinski definition) is 6. The van der Waals surface area contributed by atoms with Crippen molar-refractivity contribution in [2.75, 3.05) is 45.6 Å². The predicted octanol–water partition coefficient (Wildman–Crippen LogP) is 3.23. The first-order chi connectivity index (χ1) is 16.0. The Morgan fingerprint density at radius 1 is 1.06 bits per heavy atom. The average Bonchev–Trinajstić information content (AvgIpc) is 2.80. The molecule has 0 saturated carbocycles. The highest BCUT2D eigenvalue weighted by molar-refractivity contribution is 7.92. The third-order valence-electron chi connectivity index (χ3n) is 6.34. The third-order valence-corrected chi connectivity index (χ3v) is 7.74. The number of carbonyl (C=O) groups is 1. The number of rotatable bonds is 4. The number of anilines is 1. The molecule has 9 heteroatoms. The van der Waals surface area contributed by atoms with Crippen LogP contribution in [0.1, 0.15) is 29.8 Å². The minimum Gasteiger partial charge on any atom is -0.491 e. The van der Waals surface area contributed by atoms with Crippen LogP contribution in [-0.2, 0) is 14.8 Å². The van der Waals surface area contributed by atoms with Gasteiger partial charge >= 0.3 is 0 Å². The van der Waals surface area contributed by atoms with E-state index in [1.165, 1.54) is 6.07 Å². The van der Waals surface area contributed by atoms with Crippen LogP contribution in [-0.4, -0.2) is 77.2 Å². The lowest BCUT2D eigenvalue weighted by atomic mass is 10.0. The SMILES string of the molecule is CO[C@H]1CN(C)C(=O)c2cc(NS(=O)(=O)c3ccc(C)cc3)ccc2OC[C@@H](C)N(C)C[C@H]1C. The van der Waals surface area contributed by atoms with Crippen molar-refractivity contribution in [2.45, 2.75) is 37.8 Å². The molecule has 3 atom stereocenters. The second-order valence-electron chi connectivity index (χ2n) is 9.17. The minimum absolute atomic E-state index is 0.111. The topological polar surface area (TPSA) is 88.2 Å². The van der Waals surface area contributed by atoms with Crippen molar-refractivity contribution in [3.63, 3.8) is 0 Å². The van der Waals surface area contributed by atoms with Crippen LogP contribution in [0.2, 0.25) is 0 Å². The maximum Gasteiger partial charge on any atom is 0.261 e. The summed E-state index contributed by atoms with van der Waals surface area (Å²) in [6.07, 6.45) is -0.143. The number of benzene rings is 2. The third kappa shape index (κ3) is 6.08. The van der Waals surface area contributed by atoms with Crippen LogP contribution in [0, 0.1) is 12.8 Å². The number of carbonyl (C=O) groups excluding carboxylic acids is 1. The average molecular weight is 490 g/mol. The Kier molecular flexibility index (Phi) is 8.22. The number of nitrogens with one attached hydrogen (secondary N) is 1. The van der Waals surface area contributed by atoms with E-state index in [2.05, 4.69) is 23.5 Å². The van der Waals surface area contributed by atoms with Gasteiger partial charge in [0.05, 0.1) is 16.6 Å². The number of hydrogen-bond donors (Lipinski definition) is 1. The Hall–Kier alpha value is -2.62. The fourth-order valence-electron chi connectivity index (χ4n) is 3.95. The standard InChI is InChI=1S/C25H35N3O5S/c1-17-7-10-21(11-8-17)34(30,31)26-20-9-12-23-22(13-20)25(29)28(5)15-24(32-6)18(2)14-27(4)19(3)16-33-23/h7-13,18-19,24,26H,14-16H2,1-6H3/t18-,19-,24+/m1/s1. The quantitative estimate of drug-likeness (QED) is 0.710. The minimum atomic E-state index is -3.81. The van der Waals surface area contributed by atoms with Gasteiger partial charge in [-0.25, -0.2) is 8.42 Å². The first-order valence-electron chi connectivity index (χ1n) is 11.4. The molecule has 0 spiro atoms. The molecule has 0 radical (unpaired) electrons. The number of fused-ring (bicyclic) bond motifs is 1.